The maximum absolute atomic E-state index is 13.1. The van der Waals surface area contributed by atoms with E-state index in [2.05, 4.69) is 0 Å². The number of hydrogen-bond donors (Lipinski definition) is 2. The first-order valence-electron chi connectivity index (χ1n) is 9.49. The zero-order valence-corrected chi connectivity index (χ0v) is 18.1. The lowest BCUT2D eigenvalue weighted by molar-refractivity contribution is -0.384. The van der Waals surface area contributed by atoms with Gasteiger partial charge in [-0.1, -0.05) is 47.5 Å². The van der Waals surface area contributed by atoms with E-state index in [0.29, 0.717) is 10.6 Å². The molecule has 1 unspecified atom stereocenters. The number of amides is 1. The van der Waals surface area contributed by atoms with E-state index in [-0.39, 0.29) is 33.3 Å². The van der Waals surface area contributed by atoms with Crippen LogP contribution in [-0.4, -0.2) is 26.8 Å². The lowest BCUT2D eigenvalue weighted by atomic mass is 9.95. The minimum absolute atomic E-state index is 0.0110. The quantitative estimate of drug-likeness (QED) is 0.172. The van der Waals surface area contributed by atoms with E-state index in [0.717, 1.165) is 11.0 Å². The topological polar surface area (TPSA) is 121 Å². The minimum atomic E-state index is -1.14. The van der Waals surface area contributed by atoms with E-state index in [1.807, 2.05) is 0 Å². The number of carbonyl (C=O) groups is 2. The number of ketones is 1. The Labute approximate surface area is 197 Å². The molecule has 8 nitrogen and oxygen atoms in total. The van der Waals surface area contributed by atoms with Gasteiger partial charge < -0.3 is 10.2 Å². The molecule has 0 bridgehead atoms. The number of Topliss-reactive ketones (excluding diaryl/α,β-unsaturated/α-hetero) is 1. The molecule has 1 amide bonds. The zero-order chi connectivity index (χ0) is 23.9. The van der Waals surface area contributed by atoms with E-state index < -0.39 is 28.4 Å². The first-order valence-corrected chi connectivity index (χ1v) is 10.2. The average molecular weight is 485 g/mol. The van der Waals surface area contributed by atoms with Gasteiger partial charge in [0.1, 0.15) is 11.5 Å². The van der Waals surface area contributed by atoms with Crippen molar-refractivity contribution < 1.29 is 24.7 Å². The standard InChI is InChI=1S/C23H14Cl2N2O6/c24-14-4-2-5-15(11-14)26-20(12-7-8-18(28)17(25)10-12)19(22(30)23(26)31)21(29)13-3-1-6-16(9-13)27(32)33/h1-11,20,28-29H/b21-19-. The van der Waals surface area contributed by atoms with Crippen molar-refractivity contribution in [2.24, 2.45) is 0 Å². The predicted molar refractivity (Wildman–Crippen MR) is 122 cm³/mol. The molecular formula is C23H14Cl2N2O6. The summed E-state index contributed by atoms with van der Waals surface area (Å²) in [7, 11) is 0. The number of aromatic hydroxyl groups is 1. The molecular weight excluding hydrogens is 471 g/mol. The second-order valence-corrected chi connectivity index (χ2v) is 8.01. The van der Waals surface area contributed by atoms with E-state index in [9.17, 15) is 29.9 Å². The fourth-order valence-electron chi connectivity index (χ4n) is 3.66. The Morgan fingerprint density at radius 2 is 1.73 bits per heavy atom. The van der Waals surface area contributed by atoms with Gasteiger partial charge in [0.15, 0.2) is 0 Å². The molecule has 0 saturated carbocycles. The predicted octanol–water partition coefficient (Wildman–Crippen LogP) is 5.23. The summed E-state index contributed by atoms with van der Waals surface area (Å²) in [5.41, 5.74) is 0.0126. The SMILES string of the molecule is O=C1C(=O)N(c2cccc(Cl)c2)C(c2ccc(O)c(Cl)c2)/C1=C(/O)c1cccc([N+](=O)[O-])c1. The molecule has 3 aromatic carbocycles. The van der Waals surface area contributed by atoms with E-state index >= 15 is 0 Å². The second-order valence-electron chi connectivity index (χ2n) is 7.17. The van der Waals surface area contributed by atoms with Gasteiger partial charge in [0.05, 0.1) is 21.6 Å². The highest BCUT2D eigenvalue weighted by Crippen LogP contribution is 2.44. The molecule has 1 heterocycles. The number of phenols is 1. The first kappa shape index (κ1) is 22.3. The summed E-state index contributed by atoms with van der Waals surface area (Å²) >= 11 is 12.2. The molecule has 3 aromatic rings. The molecule has 2 N–H and O–H groups in total. The third-order valence-electron chi connectivity index (χ3n) is 5.15. The van der Waals surface area contributed by atoms with Gasteiger partial charge in [0, 0.05) is 28.4 Å². The van der Waals surface area contributed by atoms with Gasteiger partial charge in [-0.05, 0) is 35.9 Å². The van der Waals surface area contributed by atoms with Crippen LogP contribution in [0.1, 0.15) is 17.2 Å². The van der Waals surface area contributed by atoms with Crippen LogP contribution in [-0.2, 0) is 9.59 Å². The maximum atomic E-state index is 13.1. The molecule has 33 heavy (non-hydrogen) atoms. The van der Waals surface area contributed by atoms with Crippen LogP contribution >= 0.6 is 23.2 Å². The fraction of sp³-hybridized carbons (Fsp3) is 0.0435. The van der Waals surface area contributed by atoms with Crippen LogP contribution in [0.3, 0.4) is 0 Å². The number of nitrogens with zero attached hydrogens (tertiary/aromatic N) is 2. The highest BCUT2D eigenvalue weighted by molar-refractivity contribution is 6.52. The van der Waals surface area contributed by atoms with Crippen molar-refractivity contribution in [2.75, 3.05) is 4.90 Å². The Hall–Kier alpha value is -3.88. The molecule has 166 valence electrons. The van der Waals surface area contributed by atoms with Crippen LogP contribution in [0.5, 0.6) is 5.75 Å². The van der Waals surface area contributed by atoms with E-state index in [1.54, 1.807) is 18.2 Å². The van der Waals surface area contributed by atoms with Crippen molar-refractivity contribution in [3.05, 3.63) is 104 Å². The highest BCUT2D eigenvalue weighted by Gasteiger charge is 2.47. The van der Waals surface area contributed by atoms with Crippen LogP contribution in [0.15, 0.2) is 72.3 Å². The van der Waals surface area contributed by atoms with Gasteiger partial charge in [0.2, 0.25) is 0 Å². The molecule has 1 aliphatic heterocycles. The maximum Gasteiger partial charge on any atom is 0.300 e. The first-order chi connectivity index (χ1) is 15.7. The number of phenolic OH excluding ortho intramolecular Hbond substituents is 1. The molecule has 1 fully saturated rings. The Bertz CT molecular complexity index is 1350. The van der Waals surface area contributed by atoms with Gasteiger partial charge in [-0.2, -0.15) is 0 Å². The Morgan fingerprint density at radius 3 is 2.39 bits per heavy atom. The number of anilines is 1. The van der Waals surface area contributed by atoms with Gasteiger partial charge in [0.25, 0.3) is 17.4 Å². The Morgan fingerprint density at radius 1 is 1.00 bits per heavy atom. The summed E-state index contributed by atoms with van der Waals surface area (Å²) in [5, 5.41) is 32.3. The largest absolute Gasteiger partial charge is 0.507 e. The van der Waals surface area contributed by atoms with Gasteiger partial charge in [-0.25, -0.2) is 0 Å². The van der Waals surface area contributed by atoms with Crippen molar-refractivity contribution in [3.8, 4) is 5.75 Å². The average Bonchev–Trinajstić information content (AvgIpc) is 3.06. The lowest BCUT2D eigenvalue weighted by Gasteiger charge is -2.25. The number of aliphatic hydroxyl groups excluding tert-OH is 1. The van der Waals surface area contributed by atoms with E-state index in [4.69, 9.17) is 23.2 Å². The van der Waals surface area contributed by atoms with Gasteiger partial charge in [-0.15, -0.1) is 0 Å². The smallest absolute Gasteiger partial charge is 0.300 e. The number of carbonyl (C=O) groups excluding carboxylic acids is 2. The van der Waals surface area contributed by atoms with Crippen LogP contribution in [0.25, 0.3) is 5.76 Å². The number of benzene rings is 3. The Kier molecular flexibility index (Phi) is 5.80. The van der Waals surface area contributed by atoms with Crippen LogP contribution in [0, 0.1) is 10.1 Å². The number of aliphatic hydroxyl groups is 1. The molecule has 1 aliphatic rings. The molecule has 0 aliphatic carbocycles. The summed E-state index contributed by atoms with van der Waals surface area (Å²) in [4.78, 5) is 37.8. The second kappa shape index (κ2) is 8.57. The third kappa shape index (κ3) is 4.02. The van der Waals surface area contributed by atoms with Crippen molar-refractivity contribution in [1.29, 1.82) is 0 Å². The zero-order valence-electron chi connectivity index (χ0n) is 16.6. The molecule has 0 spiro atoms. The third-order valence-corrected chi connectivity index (χ3v) is 5.69. The molecule has 0 radical (unpaired) electrons. The monoisotopic (exact) mass is 484 g/mol. The van der Waals surface area contributed by atoms with Gasteiger partial charge in [-0.3, -0.25) is 24.6 Å². The number of halogens is 2. The summed E-state index contributed by atoms with van der Waals surface area (Å²) in [6.07, 6.45) is 0. The molecule has 4 rings (SSSR count). The molecule has 10 heteroatoms. The highest BCUT2D eigenvalue weighted by atomic mass is 35.5. The van der Waals surface area contributed by atoms with Crippen LogP contribution in [0.2, 0.25) is 10.0 Å². The minimum Gasteiger partial charge on any atom is -0.507 e. The van der Waals surface area contributed by atoms with Crippen LogP contribution < -0.4 is 4.90 Å². The lowest BCUT2D eigenvalue weighted by Crippen LogP contribution is -2.29. The fourth-order valence-corrected chi connectivity index (χ4v) is 4.03. The molecule has 0 aromatic heterocycles. The summed E-state index contributed by atoms with van der Waals surface area (Å²) in [6, 6.07) is 14.3. The summed E-state index contributed by atoms with van der Waals surface area (Å²) in [6.45, 7) is 0. The van der Waals surface area contributed by atoms with E-state index in [1.165, 1.54) is 42.5 Å². The summed E-state index contributed by atoms with van der Waals surface area (Å²) < 4.78 is 0. The molecule has 1 saturated heterocycles. The number of rotatable bonds is 4. The van der Waals surface area contributed by atoms with Crippen molar-refractivity contribution in [2.45, 2.75) is 6.04 Å². The van der Waals surface area contributed by atoms with Crippen molar-refractivity contribution in [3.63, 3.8) is 0 Å². The number of hydrogen-bond acceptors (Lipinski definition) is 6. The number of non-ortho nitro benzene ring substituents is 1. The van der Waals surface area contributed by atoms with Crippen LogP contribution in [0.4, 0.5) is 11.4 Å². The van der Waals surface area contributed by atoms with Crippen molar-refractivity contribution >= 4 is 52.0 Å². The van der Waals surface area contributed by atoms with Gasteiger partial charge >= 0.3 is 0 Å². The number of nitro benzene ring substituents is 1. The summed E-state index contributed by atoms with van der Waals surface area (Å²) in [5.74, 6) is -2.72. The Balaban J connectivity index is 1.98. The molecule has 1 atom stereocenters. The van der Waals surface area contributed by atoms with Crippen molar-refractivity contribution in [1.82, 2.24) is 0 Å². The normalized spacial score (nSPS) is 17.4. The number of nitro groups is 1.